The first-order chi connectivity index (χ1) is 10.2. The SMILES string of the molecule is CCCn1cncc1CNc1cc(Cl)c(OC)cc1OC. The number of aromatic nitrogens is 2. The molecule has 0 saturated heterocycles. The minimum Gasteiger partial charge on any atom is -0.495 e. The van der Waals surface area contributed by atoms with Gasteiger partial charge in [-0.2, -0.15) is 0 Å². The number of anilines is 1. The second kappa shape index (κ2) is 7.22. The lowest BCUT2D eigenvalue weighted by Crippen LogP contribution is -2.07. The van der Waals surface area contributed by atoms with Gasteiger partial charge in [-0.05, 0) is 12.5 Å². The van der Waals surface area contributed by atoms with E-state index in [1.807, 2.05) is 12.5 Å². The summed E-state index contributed by atoms with van der Waals surface area (Å²) in [6, 6.07) is 3.58. The number of halogens is 1. The zero-order chi connectivity index (χ0) is 15.2. The van der Waals surface area contributed by atoms with Crippen molar-refractivity contribution < 1.29 is 9.47 Å². The van der Waals surface area contributed by atoms with E-state index in [1.165, 1.54) is 0 Å². The fourth-order valence-corrected chi connectivity index (χ4v) is 2.36. The van der Waals surface area contributed by atoms with Crippen molar-refractivity contribution in [1.29, 1.82) is 0 Å². The Morgan fingerprint density at radius 1 is 1.24 bits per heavy atom. The number of nitrogens with zero attached hydrogens (tertiary/aromatic N) is 2. The highest BCUT2D eigenvalue weighted by Gasteiger charge is 2.10. The highest BCUT2D eigenvalue weighted by molar-refractivity contribution is 6.32. The first kappa shape index (κ1) is 15.5. The maximum absolute atomic E-state index is 6.16. The molecule has 2 rings (SSSR count). The Hall–Kier alpha value is -1.88. The van der Waals surface area contributed by atoms with Crippen LogP contribution < -0.4 is 14.8 Å². The number of methoxy groups -OCH3 is 2. The second-order valence-electron chi connectivity index (χ2n) is 4.62. The lowest BCUT2D eigenvalue weighted by molar-refractivity contribution is 0.395. The van der Waals surface area contributed by atoms with Crippen molar-refractivity contribution in [3.05, 3.63) is 35.4 Å². The Morgan fingerprint density at radius 2 is 2.00 bits per heavy atom. The van der Waals surface area contributed by atoms with Crippen LogP contribution in [0.1, 0.15) is 19.0 Å². The fourth-order valence-electron chi connectivity index (χ4n) is 2.12. The van der Waals surface area contributed by atoms with E-state index in [2.05, 4.69) is 21.8 Å². The first-order valence-electron chi connectivity index (χ1n) is 6.84. The van der Waals surface area contributed by atoms with Gasteiger partial charge in [0, 0.05) is 18.8 Å². The van der Waals surface area contributed by atoms with Crippen LogP contribution in [-0.4, -0.2) is 23.8 Å². The molecule has 0 saturated carbocycles. The van der Waals surface area contributed by atoms with Crippen molar-refractivity contribution in [1.82, 2.24) is 9.55 Å². The van der Waals surface area contributed by atoms with Gasteiger partial charge in [0.05, 0.1) is 43.5 Å². The molecule has 0 bridgehead atoms. The summed E-state index contributed by atoms with van der Waals surface area (Å²) < 4.78 is 12.7. The summed E-state index contributed by atoms with van der Waals surface area (Å²) in [6.07, 6.45) is 4.78. The van der Waals surface area contributed by atoms with E-state index in [9.17, 15) is 0 Å². The summed E-state index contributed by atoms with van der Waals surface area (Å²) in [5.41, 5.74) is 1.94. The molecule has 1 N–H and O–H groups in total. The quantitative estimate of drug-likeness (QED) is 0.849. The molecule has 0 spiro atoms. The lowest BCUT2D eigenvalue weighted by Gasteiger charge is -2.14. The molecule has 0 aliphatic rings. The molecular formula is C15H20ClN3O2. The van der Waals surface area contributed by atoms with Crippen LogP contribution in [0, 0.1) is 0 Å². The number of nitrogens with one attached hydrogen (secondary N) is 1. The molecule has 21 heavy (non-hydrogen) atoms. The van der Waals surface area contributed by atoms with Gasteiger partial charge in [0.15, 0.2) is 0 Å². The molecule has 0 unspecified atom stereocenters. The fraction of sp³-hybridized carbons (Fsp3) is 0.400. The minimum atomic E-state index is 0.544. The predicted molar refractivity (Wildman–Crippen MR) is 84.4 cm³/mol. The van der Waals surface area contributed by atoms with Gasteiger partial charge < -0.3 is 19.4 Å². The Kier molecular flexibility index (Phi) is 5.33. The maximum atomic E-state index is 6.16. The van der Waals surface area contributed by atoms with Crippen molar-refractivity contribution in [3.63, 3.8) is 0 Å². The summed E-state index contributed by atoms with van der Waals surface area (Å²) >= 11 is 6.16. The average molecular weight is 310 g/mol. The number of hydrogen-bond acceptors (Lipinski definition) is 4. The van der Waals surface area contributed by atoms with E-state index in [-0.39, 0.29) is 0 Å². The van der Waals surface area contributed by atoms with Crippen molar-refractivity contribution >= 4 is 17.3 Å². The van der Waals surface area contributed by atoms with Gasteiger partial charge in [-0.15, -0.1) is 0 Å². The van der Waals surface area contributed by atoms with E-state index in [4.69, 9.17) is 21.1 Å². The molecule has 0 atom stereocenters. The summed E-state index contributed by atoms with van der Waals surface area (Å²) in [4.78, 5) is 4.19. The number of ether oxygens (including phenoxy) is 2. The molecule has 0 aliphatic heterocycles. The van der Waals surface area contributed by atoms with E-state index < -0.39 is 0 Å². The summed E-state index contributed by atoms with van der Waals surface area (Å²) in [5.74, 6) is 1.29. The molecular weight excluding hydrogens is 290 g/mol. The summed E-state index contributed by atoms with van der Waals surface area (Å²) in [5, 5.41) is 3.88. The third-order valence-corrected chi connectivity index (χ3v) is 3.49. The van der Waals surface area contributed by atoms with Gasteiger partial charge in [0.25, 0.3) is 0 Å². The molecule has 0 aliphatic carbocycles. The van der Waals surface area contributed by atoms with Gasteiger partial charge in [0.1, 0.15) is 11.5 Å². The van der Waals surface area contributed by atoms with Crippen LogP contribution in [0.4, 0.5) is 5.69 Å². The third-order valence-electron chi connectivity index (χ3n) is 3.20. The van der Waals surface area contributed by atoms with E-state index in [0.717, 1.165) is 24.3 Å². The van der Waals surface area contributed by atoms with Crippen LogP contribution in [0.15, 0.2) is 24.7 Å². The highest BCUT2D eigenvalue weighted by atomic mass is 35.5. The Bertz CT molecular complexity index is 599. The molecule has 2 aromatic rings. The van der Waals surface area contributed by atoms with Crippen LogP contribution in [-0.2, 0) is 13.1 Å². The third kappa shape index (κ3) is 3.61. The zero-order valence-corrected chi connectivity index (χ0v) is 13.3. The van der Waals surface area contributed by atoms with Crippen LogP contribution in [0.5, 0.6) is 11.5 Å². The number of aryl methyl sites for hydroxylation is 1. The molecule has 0 radical (unpaired) electrons. The average Bonchev–Trinajstić information content (AvgIpc) is 2.93. The number of hydrogen-bond donors (Lipinski definition) is 1. The van der Waals surface area contributed by atoms with Crippen molar-refractivity contribution in [2.24, 2.45) is 0 Å². The van der Waals surface area contributed by atoms with E-state index in [1.54, 1.807) is 26.4 Å². The Morgan fingerprint density at radius 3 is 2.67 bits per heavy atom. The molecule has 0 fully saturated rings. The maximum Gasteiger partial charge on any atom is 0.145 e. The molecule has 5 nitrogen and oxygen atoms in total. The smallest absolute Gasteiger partial charge is 0.145 e. The van der Waals surface area contributed by atoms with Crippen LogP contribution in [0.25, 0.3) is 0 Å². The van der Waals surface area contributed by atoms with E-state index in [0.29, 0.717) is 23.1 Å². The first-order valence-corrected chi connectivity index (χ1v) is 7.21. The predicted octanol–water partition coefficient (Wildman–Crippen LogP) is 3.58. The molecule has 1 aromatic heterocycles. The highest BCUT2D eigenvalue weighted by Crippen LogP contribution is 2.36. The topological polar surface area (TPSA) is 48.3 Å². The Labute approximate surface area is 129 Å². The van der Waals surface area contributed by atoms with Crippen molar-refractivity contribution in [3.8, 4) is 11.5 Å². The summed E-state index contributed by atoms with van der Waals surface area (Å²) in [7, 11) is 3.20. The molecule has 0 amide bonds. The van der Waals surface area contributed by atoms with Crippen molar-refractivity contribution in [2.45, 2.75) is 26.4 Å². The van der Waals surface area contributed by atoms with Crippen LogP contribution >= 0.6 is 11.6 Å². The summed E-state index contributed by atoms with van der Waals surface area (Å²) in [6.45, 7) is 3.75. The van der Waals surface area contributed by atoms with E-state index >= 15 is 0 Å². The second-order valence-corrected chi connectivity index (χ2v) is 5.03. The van der Waals surface area contributed by atoms with Crippen LogP contribution in [0.2, 0.25) is 5.02 Å². The van der Waals surface area contributed by atoms with Crippen molar-refractivity contribution in [2.75, 3.05) is 19.5 Å². The monoisotopic (exact) mass is 309 g/mol. The van der Waals surface area contributed by atoms with Gasteiger partial charge in [-0.25, -0.2) is 4.98 Å². The molecule has 6 heteroatoms. The number of benzene rings is 1. The number of rotatable bonds is 7. The molecule has 1 heterocycles. The molecule has 1 aromatic carbocycles. The molecule has 114 valence electrons. The standard InChI is InChI=1S/C15H20ClN3O2/c1-4-5-19-10-17-8-11(19)9-18-13-6-12(16)14(20-2)7-15(13)21-3/h6-8,10,18H,4-5,9H2,1-3H3. The normalized spacial score (nSPS) is 10.5. The zero-order valence-electron chi connectivity index (χ0n) is 12.5. The van der Waals surface area contributed by atoms with Gasteiger partial charge in [0.2, 0.25) is 0 Å². The Balaban J connectivity index is 2.15. The largest absolute Gasteiger partial charge is 0.495 e. The van der Waals surface area contributed by atoms with Gasteiger partial charge in [-0.1, -0.05) is 18.5 Å². The minimum absolute atomic E-state index is 0.544. The van der Waals surface area contributed by atoms with Gasteiger partial charge >= 0.3 is 0 Å². The van der Waals surface area contributed by atoms with Gasteiger partial charge in [-0.3, -0.25) is 0 Å². The lowest BCUT2D eigenvalue weighted by atomic mass is 10.2. The number of imidazole rings is 1. The van der Waals surface area contributed by atoms with Crippen LogP contribution in [0.3, 0.4) is 0 Å².